The molecule has 2 aliphatic carbocycles. The van der Waals surface area contributed by atoms with E-state index in [2.05, 4.69) is 19.1 Å². The van der Waals surface area contributed by atoms with Crippen LogP contribution in [0.3, 0.4) is 0 Å². The van der Waals surface area contributed by atoms with E-state index in [0.717, 1.165) is 28.9 Å². The van der Waals surface area contributed by atoms with Crippen LogP contribution in [0.15, 0.2) is 54.1 Å². The van der Waals surface area contributed by atoms with Gasteiger partial charge in [-0.1, -0.05) is 55.5 Å². The molecule has 2 nitrogen and oxygen atoms in total. The van der Waals surface area contributed by atoms with Gasteiger partial charge in [0.1, 0.15) is 5.76 Å². The van der Waals surface area contributed by atoms with Crippen LogP contribution < -0.4 is 0 Å². The predicted molar refractivity (Wildman–Crippen MR) is 80.9 cm³/mol. The first-order chi connectivity index (χ1) is 9.66. The maximum atomic E-state index is 11.0. The Bertz CT molecular complexity index is 606. The number of ether oxygens (including phenoxy) is 1. The van der Waals surface area contributed by atoms with Gasteiger partial charge in [0.15, 0.2) is 0 Å². The molecule has 0 saturated carbocycles. The summed E-state index contributed by atoms with van der Waals surface area (Å²) in [5, 5.41) is 11.0. The Morgan fingerprint density at radius 1 is 1.25 bits per heavy atom. The molecule has 2 unspecified atom stereocenters. The second kappa shape index (κ2) is 4.95. The maximum absolute atomic E-state index is 11.0. The third-order valence-corrected chi connectivity index (χ3v) is 4.06. The summed E-state index contributed by atoms with van der Waals surface area (Å²) in [4.78, 5) is 0. The van der Waals surface area contributed by atoms with Crippen LogP contribution >= 0.6 is 0 Å². The highest BCUT2D eigenvalue weighted by atomic mass is 16.5. The van der Waals surface area contributed by atoms with Crippen molar-refractivity contribution in [3.8, 4) is 0 Å². The molecule has 1 aromatic rings. The molecule has 104 valence electrons. The molecule has 0 fully saturated rings. The number of benzene rings is 1. The van der Waals surface area contributed by atoms with E-state index in [1.807, 2.05) is 43.3 Å². The zero-order valence-electron chi connectivity index (χ0n) is 12.0. The van der Waals surface area contributed by atoms with E-state index in [-0.39, 0.29) is 5.92 Å². The SMILES string of the molecule is CCCOC1=C2C=CC=CC2C(C)(O)c2ccccc21. The Labute approximate surface area is 120 Å². The van der Waals surface area contributed by atoms with Gasteiger partial charge in [0.25, 0.3) is 0 Å². The topological polar surface area (TPSA) is 29.5 Å². The highest BCUT2D eigenvalue weighted by molar-refractivity contribution is 5.74. The van der Waals surface area contributed by atoms with Crippen LogP contribution in [0.1, 0.15) is 31.4 Å². The normalized spacial score (nSPS) is 27.2. The van der Waals surface area contributed by atoms with Gasteiger partial charge < -0.3 is 9.84 Å². The molecule has 2 heteroatoms. The molecular weight excluding hydrogens is 248 g/mol. The summed E-state index contributed by atoms with van der Waals surface area (Å²) in [6, 6.07) is 7.99. The highest BCUT2D eigenvalue weighted by Crippen LogP contribution is 2.47. The van der Waals surface area contributed by atoms with Gasteiger partial charge in [-0.25, -0.2) is 0 Å². The fourth-order valence-corrected chi connectivity index (χ4v) is 3.06. The third kappa shape index (κ3) is 1.92. The number of hydrogen-bond donors (Lipinski definition) is 1. The van der Waals surface area contributed by atoms with E-state index < -0.39 is 5.60 Å². The summed E-state index contributed by atoms with van der Waals surface area (Å²) in [6.45, 7) is 4.68. The fraction of sp³-hybridized carbons (Fsp3) is 0.333. The minimum Gasteiger partial charge on any atom is -0.493 e. The van der Waals surface area contributed by atoms with Crippen LogP contribution in [-0.2, 0) is 10.3 Å². The first kappa shape index (κ1) is 13.2. The van der Waals surface area contributed by atoms with Gasteiger partial charge in [-0.05, 0) is 18.9 Å². The summed E-state index contributed by atoms with van der Waals surface area (Å²) in [5.41, 5.74) is 2.13. The van der Waals surface area contributed by atoms with E-state index in [1.54, 1.807) is 0 Å². The molecule has 3 rings (SSSR count). The Morgan fingerprint density at radius 3 is 2.85 bits per heavy atom. The number of allylic oxidation sites excluding steroid dienone is 3. The van der Waals surface area contributed by atoms with Crippen LogP contribution in [0, 0.1) is 5.92 Å². The molecule has 0 aliphatic heterocycles. The van der Waals surface area contributed by atoms with Crippen molar-refractivity contribution in [3.05, 3.63) is 65.3 Å². The highest BCUT2D eigenvalue weighted by Gasteiger charge is 2.42. The molecule has 1 N–H and O–H groups in total. The van der Waals surface area contributed by atoms with Gasteiger partial charge in [-0.15, -0.1) is 0 Å². The van der Waals surface area contributed by atoms with Gasteiger partial charge in [0.05, 0.1) is 12.2 Å². The van der Waals surface area contributed by atoms with Gasteiger partial charge in [-0.3, -0.25) is 0 Å². The van der Waals surface area contributed by atoms with Crippen molar-refractivity contribution in [2.75, 3.05) is 6.61 Å². The molecule has 0 radical (unpaired) electrons. The number of hydrogen-bond acceptors (Lipinski definition) is 2. The molecule has 0 heterocycles. The molecule has 2 aliphatic rings. The summed E-state index contributed by atoms with van der Waals surface area (Å²) in [5.74, 6) is 0.869. The average Bonchev–Trinajstić information content (AvgIpc) is 2.48. The van der Waals surface area contributed by atoms with Crippen molar-refractivity contribution < 1.29 is 9.84 Å². The number of fused-ring (bicyclic) bond motifs is 2. The van der Waals surface area contributed by atoms with E-state index >= 15 is 0 Å². The minimum absolute atomic E-state index is 0.0470. The lowest BCUT2D eigenvalue weighted by atomic mass is 9.70. The van der Waals surface area contributed by atoms with Crippen LogP contribution in [0.2, 0.25) is 0 Å². The molecule has 0 bridgehead atoms. The molecule has 0 spiro atoms. The summed E-state index contributed by atoms with van der Waals surface area (Å²) in [6.07, 6.45) is 9.08. The van der Waals surface area contributed by atoms with Crippen LogP contribution in [0.25, 0.3) is 5.76 Å². The van der Waals surface area contributed by atoms with E-state index in [4.69, 9.17) is 4.74 Å². The van der Waals surface area contributed by atoms with E-state index in [1.165, 1.54) is 0 Å². The molecule has 0 aromatic heterocycles. The fourth-order valence-electron chi connectivity index (χ4n) is 3.06. The first-order valence-electron chi connectivity index (χ1n) is 7.20. The zero-order chi connectivity index (χ0) is 14.2. The quantitative estimate of drug-likeness (QED) is 0.903. The summed E-state index contributed by atoms with van der Waals surface area (Å²) < 4.78 is 6.00. The summed E-state index contributed by atoms with van der Waals surface area (Å²) in [7, 11) is 0. The number of aliphatic hydroxyl groups is 1. The Kier molecular flexibility index (Phi) is 3.27. The van der Waals surface area contributed by atoms with Crippen LogP contribution in [0.5, 0.6) is 0 Å². The lowest BCUT2D eigenvalue weighted by Crippen LogP contribution is -2.37. The van der Waals surface area contributed by atoms with Crippen molar-refractivity contribution >= 4 is 5.76 Å². The molecule has 0 amide bonds. The van der Waals surface area contributed by atoms with Gasteiger partial charge in [-0.2, -0.15) is 0 Å². The molecule has 20 heavy (non-hydrogen) atoms. The molecule has 2 atom stereocenters. The standard InChI is InChI=1S/C18H20O2/c1-3-12-20-17-13-8-4-6-10-15(13)18(2,19)16-11-7-5-9-14(16)17/h4-11,15,19H,3,12H2,1-2H3. The van der Waals surface area contributed by atoms with Crippen LogP contribution in [-0.4, -0.2) is 11.7 Å². The summed E-state index contributed by atoms with van der Waals surface area (Å²) >= 11 is 0. The maximum Gasteiger partial charge on any atom is 0.130 e. The van der Waals surface area contributed by atoms with Gasteiger partial charge in [0.2, 0.25) is 0 Å². The Morgan fingerprint density at radius 2 is 2.05 bits per heavy atom. The average molecular weight is 268 g/mol. The largest absolute Gasteiger partial charge is 0.493 e. The van der Waals surface area contributed by atoms with Crippen molar-refractivity contribution in [1.82, 2.24) is 0 Å². The minimum atomic E-state index is -0.897. The van der Waals surface area contributed by atoms with Gasteiger partial charge >= 0.3 is 0 Å². The van der Waals surface area contributed by atoms with E-state index in [0.29, 0.717) is 6.61 Å². The third-order valence-electron chi connectivity index (χ3n) is 4.06. The smallest absolute Gasteiger partial charge is 0.130 e. The lowest BCUT2D eigenvalue weighted by Gasteiger charge is -2.40. The predicted octanol–water partition coefficient (Wildman–Crippen LogP) is 3.79. The van der Waals surface area contributed by atoms with Crippen molar-refractivity contribution in [2.45, 2.75) is 25.9 Å². The second-order valence-electron chi connectivity index (χ2n) is 5.55. The second-order valence-corrected chi connectivity index (χ2v) is 5.55. The van der Waals surface area contributed by atoms with E-state index in [9.17, 15) is 5.11 Å². The number of rotatable bonds is 3. The van der Waals surface area contributed by atoms with Crippen molar-refractivity contribution in [1.29, 1.82) is 0 Å². The Balaban J connectivity index is 2.20. The van der Waals surface area contributed by atoms with Crippen LogP contribution in [0.4, 0.5) is 0 Å². The lowest BCUT2D eigenvalue weighted by molar-refractivity contribution is 0.0235. The molecular formula is C18H20O2. The zero-order valence-corrected chi connectivity index (χ0v) is 12.0. The Hall–Kier alpha value is -1.80. The monoisotopic (exact) mass is 268 g/mol. The van der Waals surface area contributed by atoms with Crippen molar-refractivity contribution in [3.63, 3.8) is 0 Å². The first-order valence-corrected chi connectivity index (χ1v) is 7.20. The van der Waals surface area contributed by atoms with Gasteiger partial charge in [0, 0.05) is 17.1 Å². The van der Waals surface area contributed by atoms with Crippen molar-refractivity contribution in [2.24, 2.45) is 5.92 Å². The molecule has 0 saturated heterocycles. The molecule has 1 aromatic carbocycles.